The number of nitrogens with one attached hydrogen (secondary N) is 2. The summed E-state index contributed by atoms with van der Waals surface area (Å²) >= 11 is 1.63. The van der Waals surface area contributed by atoms with Gasteiger partial charge in [0.25, 0.3) is 5.91 Å². The monoisotopic (exact) mass is 426 g/mol. The number of carbonyl (C=O) groups is 1. The van der Waals surface area contributed by atoms with E-state index in [9.17, 15) is 4.79 Å². The van der Waals surface area contributed by atoms with Crippen LogP contribution in [0.2, 0.25) is 0 Å². The van der Waals surface area contributed by atoms with Gasteiger partial charge in [-0.1, -0.05) is 30.3 Å². The minimum absolute atomic E-state index is 0.0578. The first-order valence-electron chi connectivity index (χ1n) is 10.1. The van der Waals surface area contributed by atoms with E-state index in [2.05, 4.69) is 22.8 Å². The number of likely N-dealkylation sites (N-methyl/N-ethyl adjacent to an activating group) is 1. The molecule has 1 atom stereocenters. The summed E-state index contributed by atoms with van der Waals surface area (Å²) in [5, 5.41) is 6.01. The fraction of sp³-hybridized carbons (Fsp3) is 0.304. The van der Waals surface area contributed by atoms with Crippen LogP contribution in [0, 0.1) is 0 Å². The van der Waals surface area contributed by atoms with E-state index in [-0.39, 0.29) is 5.91 Å². The zero-order valence-corrected chi connectivity index (χ0v) is 18.4. The maximum Gasteiger partial charge on any atom is 0.279 e. The lowest BCUT2D eigenvalue weighted by atomic mass is 10.2. The van der Waals surface area contributed by atoms with E-state index >= 15 is 0 Å². The Bertz CT molecular complexity index is 959. The second kappa shape index (κ2) is 10.8. The average Bonchev–Trinajstić information content (AvgIpc) is 3.19. The van der Waals surface area contributed by atoms with Crippen LogP contribution < -0.4 is 19.7 Å². The topological polar surface area (TPSA) is 64.9 Å². The van der Waals surface area contributed by atoms with Gasteiger partial charge in [0.05, 0.1) is 20.3 Å². The molecule has 3 rings (SSSR count). The zero-order chi connectivity index (χ0) is 21.3. The highest BCUT2D eigenvalue weighted by atomic mass is 32.1. The fourth-order valence-electron chi connectivity index (χ4n) is 3.08. The molecule has 0 saturated carbocycles. The van der Waals surface area contributed by atoms with Crippen molar-refractivity contribution in [3.05, 3.63) is 59.6 Å². The lowest BCUT2D eigenvalue weighted by Gasteiger charge is -2.15. The van der Waals surface area contributed by atoms with Gasteiger partial charge in [-0.05, 0) is 26.0 Å². The molecular formula is C23H28N3O3S+. The van der Waals surface area contributed by atoms with Crippen molar-refractivity contribution in [2.45, 2.75) is 20.4 Å². The molecule has 158 valence electrons. The molecule has 2 aromatic carbocycles. The van der Waals surface area contributed by atoms with Crippen LogP contribution >= 0.6 is 11.3 Å². The Balaban J connectivity index is 1.56. The molecule has 0 aliphatic rings. The smallest absolute Gasteiger partial charge is 0.279 e. The van der Waals surface area contributed by atoms with Crippen LogP contribution in [0.3, 0.4) is 0 Å². The number of hydrogen-bond acceptors (Lipinski definition) is 5. The Morgan fingerprint density at radius 1 is 1.07 bits per heavy atom. The van der Waals surface area contributed by atoms with Crippen LogP contribution in [0.15, 0.2) is 53.9 Å². The van der Waals surface area contributed by atoms with Crippen molar-refractivity contribution < 1.29 is 19.2 Å². The van der Waals surface area contributed by atoms with E-state index in [0.717, 1.165) is 21.2 Å². The van der Waals surface area contributed by atoms with Crippen LogP contribution in [-0.4, -0.2) is 37.7 Å². The molecule has 0 bridgehead atoms. The Morgan fingerprint density at radius 2 is 1.80 bits per heavy atom. The van der Waals surface area contributed by atoms with Gasteiger partial charge in [0, 0.05) is 22.7 Å². The number of ether oxygens (including phenoxy) is 2. The van der Waals surface area contributed by atoms with Crippen molar-refractivity contribution in [2.24, 2.45) is 0 Å². The van der Waals surface area contributed by atoms with Gasteiger partial charge in [-0.25, -0.2) is 4.98 Å². The molecule has 0 saturated heterocycles. The number of hydrogen-bond donors (Lipinski definition) is 2. The predicted octanol–water partition coefficient (Wildman–Crippen LogP) is 3.26. The first kappa shape index (κ1) is 21.8. The largest absolute Gasteiger partial charge is 0.490 e. The van der Waals surface area contributed by atoms with E-state index in [1.165, 1.54) is 0 Å². The van der Waals surface area contributed by atoms with E-state index in [1.807, 2.05) is 51.2 Å². The van der Waals surface area contributed by atoms with Crippen LogP contribution in [0.5, 0.6) is 11.5 Å². The minimum atomic E-state index is -0.0578. The molecule has 1 amide bonds. The normalized spacial score (nSPS) is 11.7. The van der Waals surface area contributed by atoms with Gasteiger partial charge in [0.15, 0.2) is 18.0 Å². The highest BCUT2D eigenvalue weighted by Crippen LogP contribution is 2.30. The number of carbonyl (C=O) groups excluding carboxylic acids is 1. The number of amides is 1. The number of quaternary nitrogens is 1. The van der Waals surface area contributed by atoms with Crippen molar-refractivity contribution in [1.29, 1.82) is 0 Å². The Labute approximate surface area is 181 Å². The molecule has 1 heterocycles. The Kier molecular flexibility index (Phi) is 7.82. The van der Waals surface area contributed by atoms with E-state index in [4.69, 9.17) is 14.5 Å². The van der Waals surface area contributed by atoms with Crippen LogP contribution in [-0.2, 0) is 11.3 Å². The molecule has 1 unspecified atom stereocenters. The van der Waals surface area contributed by atoms with Crippen molar-refractivity contribution in [3.63, 3.8) is 0 Å². The summed E-state index contributed by atoms with van der Waals surface area (Å²) in [5.74, 6) is 1.25. The van der Waals surface area contributed by atoms with Crippen molar-refractivity contribution in [2.75, 3.05) is 32.1 Å². The SMILES string of the molecule is CCOc1ccc(NC(=O)C[NH+](C)Cc2csc(-c3ccccc3)n2)cc1OCC. The summed E-state index contributed by atoms with van der Waals surface area (Å²) < 4.78 is 11.2. The van der Waals surface area contributed by atoms with Gasteiger partial charge >= 0.3 is 0 Å². The van der Waals surface area contributed by atoms with Gasteiger partial charge in [-0.3, -0.25) is 4.79 Å². The first-order valence-corrected chi connectivity index (χ1v) is 11.0. The maximum absolute atomic E-state index is 12.5. The summed E-state index contributed by atoms with van der Waals surface area (Å²) in [4.78, 5) is 18.3. The van der Waals surface area contributed by atoms with Gasteiger partial charge in [-0.15, -0.1) is 11.3 Å². The maximum atomic E-state index is 12.5. The number of nitrogens with zero attached hydrogens (tertiary/aromatic N) is 1. The summed E-state index contributed by atoms with van der Waals surface area (Å²) in [5.41, 5.74) is 2.80. The average molecular weight is 427 g/mol. The van der Waals surface area contributed by atoms with Crippen LogP contribution in [0.1, 0.15) is 19.5 Å². The Morgan fingerprint density at radius 3 is 2.53 bits per heavy atom. The lowest BCUT2D eigenvalue weighted by molar-refractivity contribution is -0.885. The van der Waals surface area contributed by atoms with E-state index < -0.39 is 0 Å². The van der Waals surface area contributed by atoms with E-state index in [1.54, 1.807) is 17.4 Å². The molecule has 0 aliphatic heterocycles. The van der Waals surface area contributed by atoms with Gasteiger partial charge in [0.2, 0.25) is 0 Å². The van der Waals surface area contributed by atoms with Crippen LogP contribution in [0.4, 0.5) is 5.69 Å². The van der Waals surface area contributed by atoms with Gasteiger partial charge in [0.1, 0.15) is 17.2 Å². The highest BCUT2D eigenvalue weighted by Gasteiger charge is 2.14. The summed E-state index contributed by atoms with van der Waals surface area (Å²) in [6.07, 6.45) is 0. The highest BCUT2D eigenvalue weighted by molar-refractivity contribution is 7.13. The number of anilines is 1. The summed E-state index contributed by atoms with van der Waals surface area (Å²) in [6.45, 7) is 5.96. The molecule has 0 radical (unpaired) electrons. The zero-order valence-electron chi connectivity index (χ0n) is 17.6. The molecule has 0 spiro atoms. The molecule has 0 aliphatic carbocycles. The third-order valence-electron chi connectivity index (χ3n) is 4.34. The number of thiazole rings is 1. The lowest BCUT2D eigenvalue weighted by Crippen LogP contribution is -3.08. The third kappa shape index (κ3) is 6.05. The molecule has 3 aromatic rings. The fourth-order valence-corrected chi connectivity index (χ4v) is 3.91. The van der Waals surface area contributed by atoms with Crippen molar-refractivity contribution in [1.82, 2.24) is 4.98 Å². The molecule has 7 heteroatoms. The van der Waals surface area contributed by atoms with Gasteiger partial charge in [-0.2, -0.15) is 0 Å². The minimum Gasteiger partial charge on any atom is -0.490 e. The molecule has 0 fully saturated rings. The first-order chi connectivity index (χ1) is 14.6. The van der Waals surface area contributed by atoms with Crippen molar-refractivity contribution in [3.8, 4) is 22.1 Å². The van der Waals surface area contributed by atoms with Crippen molar-refractivity contribution >= 4 is 22.9 Å². The molecule has 2 N–H and O–H groups in total. The number of rotatable bonds is 10. The summed E-state index contributed by atoms with van der Waals surface area (Å²) in [7, 11) is 1.99. The number of benzene rings is 2. The third-order valence-corrected chi connectivity index (χ3v) is 5.29. The van der Waals surface area contributed by atoms with Crippen LogP contribution in [0.25, 0.3) is 10.6 Å². The molecule has 30 heavy (non-hydrogen) atoms. The number of aromatic nitrogens is 1. The predicted molar refractivity (Wildman–Crippen MR) is 120 cm³/mol. The molecule has 1 aromatic heterocycles. The quantitative estimate of drug-likeness (QED) is 0.522. The standard InChI is InChI=1S/C23H27N3O3S/c1-4-28-20-12-11-18(13-21(20)29-5-2)24-22(27)15-26(3)14-19-16-30-23(25-19)17-9-7-6-8-10-17/h6-13,16H,4-5,14-15H2,1-3H3,(H,24,27)/p+1. The second-order valence-corrected chi connectivity index (χ2v) is 7.75. The summed E-state index contributed by atoms with van der Waals surface area (Å²) in [6, 6.07) is 15.6. The second-order valence-electron chi connectivity index (χ2n) is 6.90. The van der Waals surface area contributed by atoms with Gasteiger partial charge < -0.3 is 19.7 Å². The molecular weight excluding hydrogens is 398 g/mol. The Hall–Kier alpha value is -2.90. The van der Waals surface area contributed by atoms with E-state index in [0.29, 0.717) is 43.5 Å². The molecule has 6 nitrogen and oxygen atoms in total.